The Bertz CT molecular complexity index is 411. The van der Waals surface area contributed by atoms with Crippen LogP contribution in [0.5, 0.6) is 0 Å². The molecule has 0 aromatic heterocycles. The van der Waals surface area contributed by atoms with Crippen LogP contribution < -0.4 is 0 Å². The zero-order valence-corrected chi connectivity index (χ0v) is 13.4. The molecule has 0 unspecified atom stereocenters. The van der Waals surface area contributed by atoms with Crippen LogP contribution >= 0.6 is 0 Å². The minimum Gasteiger partial charge on any atom is -0.376 e. The summed E-state index contributed by atoms with van der Waals surface area (Å²) in [6.45, 7) is 9.47. The van der Waals surface area contributed by atoms with Gasteiger partial charge in [-0.3, -0.25) is 4.79 Å². The van der Waals surface area contributed by atoms with Crippen LogP contribution in [0.15, 0.2) is 43.0 Å². The summed E-state index contributed by atoms with van der Waals surface area (Å²) in [6.07, 6.45) is 5.26. The Hall–Kier alpha value is -1.41. The van der Waals surface area contributed by atoms with Gasteiger partial charge in [-0.25, -0.2) is 0 Å². The van der Waals surface area contributed by atoms with Gasteiger partial charge in [0.15, 0.2) is 5.78 Å². The van der Waals surface area contributed by atoms with Gasteiger partial charge in [0.05, 0.1) is 6.61 Å². The predicted molar refractivity (Wildman–Crippen MR) is 88.1 cm³/mol. The lowest BCUT2D eigenvalue weighted by Crippen LogP contribution is -2.10. The molecule has 0 amide bonds. The number of allylic oxidation sites excluding steroid dienone is 1. The van der Waals surface area contributed by atoms with Crippen molar-refractivity contribution >= 4 is 5.78 Å². The highest BCUT2D eigenvalue weighted by molar-refractivity contribution is 5.88. The van der Waals surface area contributed by atoms with Crippen LogP contribution in [0.4, 0.5) is 0 Å². The first-order chi connectivity index (χ1) is 10.1. The molecule has 0 aliphatic rings. The normalized spacial score (nSPS) is 13.6. The first-order valence-corrected chi connectivity index (χ1v) is 7.88. The van der Waals surface area contributed by atoms with Crippen LogP contribution in [0, 0.1) is 11.8 Å². The van der Waals surface area contributed by atoms with Gasteiger partial charge in [-0.1, -0.05) is 57.2 Å². The van der Waals surface area contributed by atoms with Gasteiger partial charge in [0.25, 0.3) is 0 Å². The van der Waals surface area contributed by atoms with Crippen LogP contribution in [0.25, 0.3) is 0 Å². The first kappa shape index (κ1) is 17.6. The summed E-state index contributed by atoms with van der Waals surface area (Å²) in [6, 6.07) is 10.3. The molecule has 0 spiro atoms. The molecule has 21 heavy (non-hydrogen) atoms. The Morgan fingerprint density at radius 2 is 1.95 bits per heavy atom. The molecule has 0 saturated carbocycles. The smallest absolute Gasteiger partial charge is 0.155 e. The van der Waals surface area contributed by atoms with Crippen molar-refractivity contribution in [3.05, 3.63) is 48.6 Å². The third-order valence-corrected chi connectivity index (χ3v) is 3.67. The van der Waals surface area contributed by atoms with E-state index in [1.54, 1.807) is 0 Å². The van der Waals surface area contributed by atoms with E-state index in [9.17, 15) is 4.79 Å². The summed E-state index contributed by atoms with van der Waals surface area (Å²) < 4.78 is 5.78. The molecule has 0 radical (unpaired) electrons. The number of ketones is 1. The van der Waals surface area contributed by atoms with Crippen LogP contribution in [0.3, 0.4) is 0 Å². The standard InChI is InChI=1S/C19H28O2/c1-4-19(20)12-8-9-16(2)13-17(3)14-21-15-18-10-6-5-7-11-18/h4-7,10-11,16-17H,1,8-9,12-15H2,2-3H3/t16-,17-/m1/s1. The lowest BCUT2D eigenvalue weighted by atomic mass is 9.93. The Kier molecular flexibility index (Phi) is 8.68. The zero-order chi connectivity index (χ0) is 15.5. The van der Waals surface area contributed by atoms with E-state index in [4.69, 9.17) is 4.74 Å². The third kappa shape index (κ3) is 8.46. The molecule has 0 N–H and O–H groups in total. The van der Waals surface area contributed by atoms with E-state index in [1.165, 1.54) is 11.6 Å². The molecule has 0 saturated heterocycles. The van der Waals surface area contributed by atoms with Crippen LogP contribution in [0.2, 0.25) is 0 Å². The maximum Gasteiger partial charge on any atom is 0.155 e. The van der Waals surface area contributed by atoms with E-state index in [-0.39, 0.29) is 5.78 Å². The highest BCUT2D eigenvalue weighted by atomic mass is 16.5. The molecular weight excluding hydrogens is 260 g/mol. The molecule has 0 aliphatic heterocycles. The SMILES string of the molecule is C=CC(=O)CCC[C@@H](C)C[C@@H](C)COCc1ccccc1. The summed E-state index contributed by atoms with van der Waals surface area (Å²) >= 11 is 0. The first-order valence-electron chi connectivity index (χ1n) is 7.88. The monoisotopic (exact) mass is 288 g/mol. The van der Waals surface area contributed by atoms with Crippen LogP contribution in [-0.2, 0) is 16.1 Å². The summed E-state index contributed by atoms with van der Waals surface area (Å²) in [5.74, 6) is 1.35. The fraction of sp³-hybridized carbons (Fsp3) is 0.526. The third-order valence-electron chi connectivity index (χ3n) is 3.67. The largest absolute Gasteiger partial charge is 0.376 e. The van der Waals surface area contributed by atoms with Crippen molar-refractivity contribution in [2.24, 2.45) is 11.8 Å². The molecule has 0 aliphatic carbocycles. The van der Waals surface area contributed by atoms with E-state index in [0.29, 0.717) is 24.9 Å². The van der Waals surface area contributed by atoms with Gasteiger partial charge in [-0.05, 0) is 36.3 Å². The van der Waals surface area contributed by atoms with Crippen LogP contribution in [-0.4, -0.2) is 12.4 Å². The van der Waals surface area contributed by atoms with Crippen molar-refractivity contribution in [3.8, 4) is 0 Å². The number of carbonyl (C=O) groups is 1. The van der Waals surface area contributed by atoms with Gasteiger partial charge in [0.2, 0.25) is 0 Å². The van der Waals surface area contributed by atoms with Crippen molar-refractivity contribution in [1.29, 1.82) is 0 Å². The summed E-state index contributed by atoms with van der Waals surface area (Å²) in [5.41, 5.74) is 1.22. The molecule has 0 heterocycles. The minimum absolute atomic E-state index is 0.154. The molecule has 0 bridgehead atoms. The molecule has 1 aromatic carbocycles. The van der Waals surface area contributed by atoms with Gasteiger partial charge in [0, 0.05) is 13.0 Å². The molecule has 1 aromatic rings. The van der Waals surface area contributed by atoms with Crippen molar-refractivity contribution in [2.75, 3.05) is 6.61 Å². The quantitative estimate of drug-likeness (QED) is 0.547. The average molecular weight is 288 g/mol. The lowest BCUT2D eigenvalue weighted by Gasteiger charge is -2.17. The molecular formula is C19H28O2. The van der Waals surface area contributed by atoms with Crippen molar-refractivity contribution in [1.82, 2.24) is 0 Å². The molecule has 2 nitrogen and oxygen atoms in total. The molecule has 2 atom stereocenters. The summed E-state index contributed by atoms with van der Waals surface area (Å²) in [7, 11) is 0. The Morgan fingerprint density at radius 1 is 1.24 bits per heavy atom. The number of benzene rings is 1. The van der Waals surface area contributed by atoms with Gasteiger partial charge in [0.1, 0.15) is 0 Å². The fourth-order valence-corrected chi connectivity index (χ4v) is 2.55. The highest BCUT2D eigenvalue weighted by Gasteiger charge is 2.09. The second kappa shape index (κ2) is 10.3. The van der Waals surface area contributed by atoms with E-state index in [2.05, 4.69) is 32.6 Å². The molecule has 1 rings (SSSR count). The van der Waals surface area contributed by atoms with Gasteiger partial charge in [-0.2, -0.15) is 0 Å². The van der Waals surface area contributed by atoms with E-state index in [0.717, 1.165) is 25.9 Å². The minimum atomic E-state index is 0.154. The Labute approximate surface area is 129 Å². The van der Waals surface area contributed by atoms with Crippen molar-refractivity contribution in [2.45, 2.75) is 46.1 Å². The maximum atomic E-state index is 11.2. The predicted octanol–water partition coefficient (Wildman–Crippen LogP) is 4.79. The van der Waals surface area contributed by atoms with Gasteiger partial charge >= 0.3 is 0 Å². The van der Waals surface area contributed by atoms with E-state index < -0.39 is 0 Å². The highest BCUT2D eigenvalue weighted by Crippen LogP contribution is 2.18. The van der Waals surface area contributed by atoms with Crippen molar-refractivity contribution < 1.29 is 9.53 Å². The molecule has 2 heteroatoms. The molecule has 0 fully saturated rings. The van der Waals surface area contributed by atoms with Crippen molar-refractivity contribution in [3.63, 3.8) is 0 Å². The summed E-state index contributed by atoms with van der Waals surface area (Å²) in [5, 5.41) is 0. The number of rotatable bonds is 11. The maximum absolute atomic E-state index is 11.2. The number of hydrogen-bond acceptors (Lipinski definition) is 2. The average Bonchev–Trinajstić information content (AvgIpc) is 2.48. The van der Waals surface area contributed by atoms with E-state index >= 15 is 0 Å². The Morgan fingerprint density at radius 3 is 2.62 bits per heavy atom. The number of ether oxygens (including phenoxy) is 1. The van der Waals surface area contributed by atoms with Crippen LogP contribution in [0.1, 0.15) is 45.1 Å². The second-order valence-electron chi connectivity index (χ2n) is 6.01. The number of carbonyl (C=O) groups excluding carboxylic acids is 1. The molecule has 116 valence electrons. The fourth-order valence-electron chi connectivity index (χ4n) is 2.55. The number of hydrogen-bond donors (Lipinski definition) is 0. The summed E-state index contributed by atoms with van der Waals surface area (Å²) in [4.78, 5) is 11.2. The van der Waals surface area contributed by atoms with E-state index in [1.807, 2.05) is 18.2 Å². The second-order valence-corrected chi connectivity index (χ2v) is 6.01. The lowest BCUT2D eigenvalue weighted by molar-refractivity contribution is -0.114. The Balaban J connectivity index is 2.10. The van der Waals surface area contributed by atoms with Gasteiger partial charge < -0.3 is 4.74 Å². The van der Waals surface area contributed by atoms with Gasteiger partial charge in [-0.15, -0.1) is 0 Å². The zero-order valence-electron chi connectivity index (χ0n) is 13.4. The topological polar surface area (TPSA) is 26.3 Å².